The van der Waals surface area contributed by atoms with Gasteiger partial charge in [0.25, 0.3) is 0 Å². The molecule has 0 amide bonds. The number of carbonyl (C=O) groups is 1. The average Bonchev–Trinajstić information content (AvgIpc) is 2.84. The molecule has 0 spiro atoms. The van der Waals surface area contributed by atoms with Crippen LogP contribution in [0.15, 0.2) is 18.2 Å². The minimum atomic E-state index is -0.155. The van der Waals surface area contributed by atoms with Gasteiger partial charge < -0.3 is 4.74 Å². The van der Waals surface area contributed by atoms with Crippen LogP contribution in [0.25, 0.3) is 0 Å². The van der Waals surface area contributed by atoms with Crippen LogP contribution in [0.3, 0.4) is 0 Å². The summed E-state index contributed by atoms with van der Waals surface area (Å²) < 4.78 is 5.11. The number of rotatable bonds is 9. The van der Waals surface area contributed by atoms with Crippen molar-refractivity contribution in [1.29, 1.82) is 0 Å². The third-order valence-electron chi connectivity index (χ3n) is 4.14. The summed E-state index contributed by atoms with van der Waals surface area (Å²) in [6.45, 7) is 2.73. The number of carbonyl (C=O) groups excluding carboxylic acids is 1. The summed E-state index contributed by atoms with van der Waals surface area (Å²) in [5.74, 6) is -0.155. The van der Waals surface area contributed by atoms with Gasteiger partial charge in [-0.3, -0.25) is 0 Å². The number of hydrogen-bond acceptors (Lipinski definition) is 2. The molecule has 0 bridgehead atoms. The summed E-state index contributed by atoms with van der Waals surface area (Å²) in [5, 5.41) is 0. The van der Waals surface area contributed by atoms with E-state index >= 15 is 0 Å². The van der Waals surface area contributed by atoms with E-state index in [0.717, 1.165) is 17.5 Å². The highest BCUT2D eigenvalue weighted by molar-refractivity contribution is 5.93. The zero-order chi connectivity index (χ0) is 14.2. The molecule has 1 aliphatic rings. The van der Waals surface area contributed by atoms with E-state index in [9.17, 15) is 4.79 Å². The Balaban J connectivity index is 1.67. The Bertz CT molecular complexity index is 437. The van der Waals surface area contributed by atoms with Crippen molar-refractivity contribution < 1.29 is 9.53 Å². The lowest BCUT2D eigenvalue weighted by atomic mass is 9.98. The van der Waals surface area contributed by atoms with E-state index in [0.29, 0.717) is 6.61 Å². The summed E-state index contributed by atoms with van der Waals surface area (Å²) in [5.41, 5.74) is 3.21. The molecule has 0 N–H and O–H groups in total. The van der Waals surface area contributed by atoms with Crippen LogP contribution in [0.1, 0.15) is 79.8 Å². The van der Waals surface area contributed by atoms with Gasteiger partial charge in [0, 0.05) is 5.56 Å². The molecule has 1 aromatic rings. The highest BCUT2D eigenvalue weighted by atomic mass is 16.5. The van der Waals surface area contributed by atoms with Gasteiger partial charge in [-0.05, 0) is 24.5 Å². The lowest BCUT2D eigenvalue weighted by molar-refractivity contribution is 0.0535. The molecule has 0 aromatic heterocycles. The lowest BCUT2D eigenvalue weighted by Gasteiger charge is -2.06. The number of cyclic esters (lactones) is 1. The maximum absolute atomic E-state index is 11.5. The molecule has 1 aromatic carbocycles. The van der Waals surface area contributed by atoms with E-state index in [-0.39, 0.29) is 5.97 Å². The van der Waals surface area contributed by atoms with Crippen LogP contribution < -0.4 is 0 Å². The quantitative estimate of drug-likeness (QED) is 0.466. The number of aryl methyl sites for hydroxylation is 1. The average molecular weight is 274 g/mol. The van der Waals surface area contributed by atoms with Crippen molar-refractivity contribution in [3.63, 3.8) is 0 Å². The van der Waals surface area contributed by atoms with Gasteiger partial charge in [0.1, 0.15) is 6.61 Å². The summed E-state index contributed by atoms with van der Waals surface area (Å²) in [6.07, 6.45) is 11.8. The number of hydrogen-bond donors (Lipinski definition) is 0. The molecule has 110 valence electrons. The molecule has 2 nitrogen and oxygen atoms in total. The van der Waals surface area contributed by atoms with Gasteiger partial charge in [0.05, 0.1) is 5.56 Å². The molecular formula is C18H26O2. The van der Waals surface area contributed by atoms with Crippen molar-refractivity contribution in [2.45, 2.75) is 71.3 Å². The van der Waals surface area contributed by atoms with Crippen LogP contribution in [-0.4, -0.2) is 5.97 Å². The topological polar surface area (TPSA) is 26.3 Å². The largest absolute Gasteiger partial charge is 0.457 e. The predicted octanol–water partition coefficient (Wildman–Crippen LogP) is 5.04. The molecule has 0 radical (unpaired) electrons. The minimum absolute atomic E-state index is 0.155. The smallest absolute Gasteiger partial charge is 0.338 e. The minimum Gasteiger partial charge on any atom is -0.457 e. The standard InChI is InChI=1S/C18H26O2/c1-2-3-4-5-6-7-8-9-11-15-12-10-13-16-17(15)14-20-18(16)19/h10,12-13H,2-9,11,14H2,1H3. The van der Waals surface area contributed by atoms with E-state index in [1.54, 1.807) is 0 Å². The molecule has 1 heterocycles. The third-order valence-corrected chi connectivity index (χ3v) is 4.14. The Morgan fingerprint density at radius 2 is 1.70 bits per heavy atom. The van der Waals surface area contributed by atoms with Gasteiger partial charge in [0.2, 0.25) is 0 Å². The third kappa shape index (κ3) is 4.09. The molecule has 0 saturated carbocycles. The van der Waals surface area contributed by atoms with Crippen molar-refractivity contribution in [2.75, 3.05) is 0 Å². The number of ether oxygens (including phenoxy) is 1. The number of fused-ring (bicyclic) bond motifs is 1. The first-order valence-electron chi connectivity index (χ1n) is 8.11. The van der Waals surface area contributed by atoms with Gasteiger partial charge >= 0.3 is 5.97 Å². The molecule has 0 aliphatic carbocycles. The van der Waals surface area contributed by atoms with E-state index in [2.05, 4.69) is 13.0 Å². The molecule has 20 heavy (non-hydrogen) atoms. The summed E-state index contributed by atoms with van der Waals surface area (Å²) >= 11 is 0. The van der Waals surface area contributed by atoms with Crippen LogP contribution in [0.2, 0.25) is 0 Å². The normalized spacial score (nSPS) is 13.3. The molecule has 0 atom stereocenters. The zero-order valence-electron chi connectivity index (χ0n) is 12.6. The van der Waals surface area contributed by atoms with E-state index < -0.39 is 0 Å². The molecule has 0 saturated heterocycles. The first kappa shape index (κ1) is 15.1. The Labute approximate surface area is 122 Å². The lowest BCUT2D eigenvalue weighted by Crippen LogP contribution is -1.96. The van der Waals surface area contributed by atoms with Crippen molar-refractivity contribution in [1.82, 2.24) is 0 Å². The second kappa shape index (κ2) is 8.08. The van der Waals surface area contributed by atoms with Crippen LogP contribution in [0.5, 0.6) is 0 Å². The maximum Gasteiger partial charge on any atom is 0.338 e. The van der Waals surface area contributed by atoms with Crippen LogP contribution in [-0.2, 0) is 17.8 Å². The number of unbranched alkanes of at least 4 members (excludes halogenated alkanes) is 7. The Kier molecular flexibility index (Phi) is 6.10. The van der Waals surface area contributed by atoms with E-state index in [4.69, 9.17) is 4.74 Å². The van der Waals surface area contributed by atoms with Crippen molar-refractivity contribution in [3.8, 4) is 0 Å². The fourth-order valence-electron chi connectivity index (χ4n) is 2.90. The van der Waals surface area contributed by atoms with E-state index in [1.165, 1.54) is 56.9 Å². The fourth-order valence-corrected chi connectivity index (χ4v) is 2.90. The first-order valence-corrected chi connectivity index (χ1v) is 8.11. The maximum atomic E-state index is 11.5. The monoisotopic (exact) mass is 274 g/mol. The summed E-state index contributed by atoms with van der Waals surface area (Å²) in [6, 6.07) is 6.00. The molecule has 0 fully saturated rings. The molecule has 2 heteroatoms. The van der Waals surface area contributed by atoms with Gasteiger partial charge in [0.15, 0.2) is 0 Å². The highest BCUT2D eigenvalue weighted by Crippen LogP contribution is 2.25. The SMILES string of the molecule is CCCCCCCCCCc1cccc2c1COC2=O. The molecule has 1 aliphatic heterocycles. The van der Waals surface area contributed by atoms with Gasteiger partial charge in [-0.15, -0.1) is 0 Å². The number of benzene rings is 1. The molecular weight excluding hydrogens is 248 g/mol. The van der Waals surface area contributed by atoms with Crippen molar-refractivity contribution in [3.05, 3.63) is 34.9 Å². The molecule has 0 unspecified atom stereocenters. The van der Waals surface area contributed by atoms with Gasteiger partial charge in [-0.2, -0.15) is 0 Å². The second-order valence-corrected chi connectivity index (χ2v) is 5.74. The zero-order valence-corrected chi connectivity index (χ0v) is 12.6. The van der Waals surface area contributed by atoms with Crippen molar-refractivity contribution in [2.24, 2.45) is 0 Å². The predicted molar refractivity (Wildman–Crippen MR) is 81.9 cm³/mol. The Morgan fingerprint density at radius 3 is 2.45 bits per heavy atom. The summed E-state index contributed by atoms with van der Waals surface area (Å²) in [4.78, 5) is 11.5. The fraction of sp³-hybridized carbons (Fsp3) is 0.611. The first-order chi connectivity index (χ1) is 9.83. The molecule has 2 rings (SSSR count). The van der Waals surface area contributed by atoms with Gasteiger partial charge in [-0.1, -0.05) is 64.0 Å². The van der Waals surface area contributed by atoms with Crippen LogP contribution in [0.4, 0.5) is 0 Å². The van der Waals surface area contributed by atoms with Crippen LogP contribution >= 0.6 is 0 Å². The Morgan fingerprint density at radius 1 is 1.00 bits per heavy atom. The summed E-state index contributed by atoms with van der Waals surface area (Å²) in [7, 11) is 0. The van der Waals surface area contributed by atoms with Crippen molar-refractivity contribution >= 4 is 5.97 Å². The van der Waals surface area contributed by atoms with Gasteiger partial charge in [-0.25, -0.2) is 4.79 Å². The number of esters is 1. The van der Waals surface area contributed by atoms with Crippen LogP contribution in [0, 0.1) is 0 Å². The highest BCUT2D eigenvalue weighted by Gasteiger charge is 2.22. The van der Waals surface area contributed by atoms with E-state index in [1.807, 2.05) is 12.1 Å². The Hall–Kier alpha value is -1.31. The second-order valence-electron chi connectivity index (χ2n) is 5.74.